The third-order valence-corrected chi connectivity index (χ3v) is 4.52. The monoisotopic (exact) mass is 280 g/mol. The van der Waals surface area contributed by atoms with Crippen molar-refractivity contribution in [3.05, 3.63) is 0 Å². The minimum atomic E-state index is -4.22. The van der Waals surface area contributed by atoms with Crippen molar-refractivity contribution in [1.82, 2.24) is 0 Å². The first-order chi connectivity index (χ1) is 4.72. The van der Waals surface area contributed by atoms with Crippen molar-refractivity contribution in [3.63, 3.8) is 0 Å². The van der Waals surface area contributed by atoms with E-state index < -0.39 is 18.6 Å². The Balaban J connectivity index is 4.64. The van der Waals surface area contributed by atoms with E-state index in [1.165, 1.54) is 0 Å². The molecule has 0 bridgehead atoms. The molecule has 1 atom stereocenters. The van der Waals surface area contributed by atoms with Crippen molar-refractivity contribution in [3.8, 4) is 0 Å². The minimum Gasteiger partial charge on any atom is -0.196 e. The van der Waals surface area contributed by atoms with E-state index in [-0.39, 0.29) is 0 Å². The fourth-order valence-corrected chi connectivity index (χ4v) is 2.01. The maximum atomic E-state index is 10.6. The summed E-state index contributed by atoms with van der Waals surface area (Å²) in [6.45, 7) is 0. The average molecular weight is 282 g/mol. The molecule has 0 N–H and O–H groups in total. The van der Waals surface area contributed by atoms with Crippen LogP contribution in [-0.2, 0) is 13.9 Å². The molecular formula is C2HCl5O3S. The lowest BCUT2D eigenvalue weighted by atomic mass is 10.9. The molecule has 1 unspecified atom stereocenters. The zero-order valence-electron chi connectivity index (χ0n) is 4.60. The van der Waals surface area contributed by atoms with E-state index in [4.69, 9.17) is 46.4 Å². The average Bonchev–Trinajstić information content (AvgIpc) is 1.84. The topological polar surface area (TPSA) is 43.4 Å². The zero-order chi connectivity index (χ0) is 9.28. The van der Waals surface area contributed by atoms with Crippen LogP contribution in [-0.4, -0.2) is 16.9 Å². The van der Waals surface area contributed by atoms with Gasteiger partial charge in [0.25, 0.3) is 0 Å². The smallest absolute Gasteiger partial charge is 0.196 e. The first-order valence-corrected chi connectivity index (χ1v) is 5.31. The van der Waals surface area contributed by atoms with Gasteiger partial charge in [0.1, 0.15) is 0 Å². The Bertz CT molecular complexity index is 216. The Labute approximate surface area is 88.7 Å². The molecule has 0 radical (unpaired) electrons. The molecule has 0 aromatic rings. The third-order valence-electron chi connectivity index (χ3n) is 0.599. The summed E-state index contributed by atoms with van der Waals surface area (Å²) < 4.78 is 20.7. The predicted octanol–water partition coefficient (Wildman–Crippen LogP) is 2.42. The molecule has 68 valence electrons. The summed E-state index contributed by atoms with van der Waals surface area (Å²) in [6, 6.07) is 0. The first kappa shape index (κ1) is 12.4. The van der Waals surface area contributed by atoms with Crippen LogP contribution in [0.1, 0.15) is 0 Å². The zero-order valence-corrected chi connectivity index (χ0v) is 9.20. The van der Waals surface area contributed by atoms with E-state index in [1.807, 2.05) is 0 Å². The van der Waals surface area contributed by atoms with Crippen LogP contribution in [0.15, 0.2) is 0 Å². The van der Waals surface area contributed by atoms with Gasteiger partial charge in [-0.25, -0.2) is 0 Å². The molecule has 0 amide bonds. The van der Waals surface area contributed by atoms with Crippen LogP contribution in [0.5, 0.6) is 0 Å². The normalized spacial score (nSPS) is 16.5. The molecule has 11 heavy (non-hydrogen) atoms. The van der Waals surface area contributed by atoms with Gasteiger partial charge in [-0.3, -0.25) is 0 Å². The first-order valence-electron chi connectivity index (χ1n) is 1.96. The van der Waals surface area contributed by atoms with Crippen molar-refractivity contribution >= 4 is 68.4 Å². The van der Waals surface area contributed by atoms with Gasteiger partial charge in [-0.2, -0.15) is 12.2 Å². The molecular weight excluding hydrogens is 281 g/mol. The fraction of sp³-hybridized carbons (Fsp3) is 1.00. The Morgan fingerprint density at radius 3 is 1.73 bits per heavy atom. The van der Waals surface area contributed by atoms with E-state index in [0.717, 1.165) is 0 Å². The van der Waals surface area contributed by atoms with Crippen LogP contribution in [0, 0.1) is 0 Å². The summed E-state index contributed by atoms with van der Waals surface area (Å²) in [7, 11) is -4.22. The highest BCUT2D eigenvalue weighted by molar-refractivity contribution is 7.89. The van der Waals surface area contributed by atoms with E-state index in [2.05, 4.69) is 15.6 Å². The van der Waals surface area contributed by atoms with E-state index >= 15 is 0 Å². The van der Waals surface area contributed by atoms with Crippen molar-refractivity contribution in [2.45, 2.75) is 8.50 Å². The summed E-state index contributed by atoms with van der Waals surface area (Å²) in [6.07, 6.45) is 0. The van der Waals surface area contributed by atoms with Crippen molar-refractivity contribution in [1.29, 1.82) is 0 Å². The Morgan fingerprint density at radius 1 is 1.27 bits per heavy atom. The van der Waals surface area contributed by atoms with Crippen LogP contribution in [0.3, 0.4) is 0 Å². The van der Waals surface area contributed by atoms with E-state index in [1.54, 1.807) is 0 Å². The molecule has 9 heteroatoms. The van der Waals surface area contributed by atoms with Gasteiger partial charge in [0.2, 0.25) is 8.50 Å². The van der Waals surface area contributed by atoms with Gasteiger partial charge in [0.05, 0.1) is 11.9 Å². The summed E-state index contributed by atoms with van der Waals surface area (Å²) >= 11 is 25.1. The highest BCUT2D eigenvalue weighted by Crippen LogP contribution is 2.37. The molecule has 3 nitrogen and oxygen atoms in total. The second kappa shape index (κ2) is 4.05. The third kappa shape index (κ3) is 3.72. The molecule has 0 fully saturated rings. The highest BCUT2D eigenvalue weighted by atomic mass is 35.6. The molecule has 0 saturated heterocycles. The second-order valence-corrected chi connectivity index (χ2v) is 6.44. The number of rotatable bonds is 2. The number of hydrogen-bond donors (Lipinski definition) is 0. The van der Waals surface area contributed by atoms with Gasteiger partial charge in [-0.1, -0.05) is 46.4 Å². The standard InChI is InChI=1S/C2HCl5O3S/c3-1(2(4,5)6)11(8,9)10-7/h1H. The molecule has 0 aliphatic carbocycles. The lowest BCUT2D eigenvalue weighted by Crippen LogP contribution is -2.28. The summed E-state index contributed by atoms with van der Waals surface area (Å²) in [5.74, 6) is 0. The van der Waals surface area contributed by atoms with Crippen molar-refractivity contribution in [2.75, 3.05) is 0 Å². The number of hydrogen-bond acceptors (Lipinski definition) is 3. The van der Waals surface area contributed by atoms with Gasteiger partial charge in [0.15, 0.2) is 0 Å². The Kier molecular flexibility index (Phi) is 4.55. The largest absolute Gasteiger partial charge is 0.304 e. The molecule has 0 aromatic carbocycles. The van der Waals surface area contributed by atoms with Gasteiger partial charge in [-0.15, -0.1) is 0 Å². The molecule has 0 aliphatic heterocycles. The van der Waals surface area contributed by atoms with Gasteiger partial charge < -0.3 is 0 Å². The second-order valence-electron chi connectivity index (χ2n) is 1.41. The highest BCUT2D eigenvalue weighted by Gasteiger charge is 2.42. The summed E-state index contributed by atoms with van der Waals surface area (Å²) in [5.41, 5.74) is 0. The lowest BCUT2D eigenvalue weighted by molar-refractivity contribution is 0.505. The quantitative estimate of drug-likeness (QED) is 0.731. The SMILES string of the molecule is O=S(=O)(OCl)C(Cl)C(Cl)(Cl)Cl. The van der Waals surface area contributed by atoms with Gasteiger partial charge in [0, 0.05) is 0 Å². The number of halogens is 5. The van der Waals surface area contributed by atoms with E-state index in [9.17, 15) is 8.42 Å². The molecule has 0 spiro atoms. The lowest BCUT2D eigenvalue weighted by Gasteiger charge is -2.14. The van der Waals surface area contributed by atoms with Gasteiger partial charge in [-0.05, 0) is 0 Å². The van der Waals surface area contributed by atoms with Crippen molar-refractivity contribution < 1.29 is 12.2 Å². The maximum absolute atomic E-state index is 10.6. The van der Waals surface area contributed by atoms with E-state index in [0.29, 0.717) is 0 Å². The minimum absolute atomic E-state index is 1.84. The molecule has 0 aliphatic rings. The summed E-state index contributed by atoms with van der Waals surface area (Å²) in [5, 5.41) is 0. The van der Waals surface area contributed by atoms with Gasteiger partial charge >= 0.3 is 10.1 Å². The van der Waals surface area contributed by atoms with Crippen LogP contribution < -0.4 is 0 Å². The fourth-order valence-electron chi connectivity index (χ4n) is 0.196. The van der Waals surface area contributed by atoms with Crippen molar-refractivity contribution in [2.24, 2.45) is 0 Å². The number of alkyl halides is 4. The predicted molar refractivity (Wildman–Crippen MR) is 45.8 cm³/mol. The van der Waals surface area contributed by atoms with Crippen LogP contribution >= 0.6 is 58.3 Å². The molecule has 0 saturated carbocycles. The Morgan fingerprint density at radius 2 is 1.64 bits per heavy atom. The maximum Gasteiger partial charge on any atom is 0.304 e. The van der Waals surface area contributed by atoms with Crippen LogP contribution in [0.4, 0.5) is 0 Å². The van der Waals surface area contributed by atoms with Crippen LogP contribution in [0.25, 0.3) is 0 Å². The van der Waals surface area contributed by atoms with Crippen LogP contribution in [0.2, 0.25) is 0 Å². The molecule has 0 heterocycles. The molecule has 0 aromatic heterocycles. The molecule has 0 rings (SSSR count). The summed E-state index contributed by atoms with van der Waals surface area (Å²) in [4.78, 5) is 0. The Hall–Kier alpha value is 1.36.